The third kappa shape index (κ3) is 3.00. The second-order valence-electron chi connectivity index (χ2n) is 5.35. The summed E-state index contributed by atoms with van der Waals surface area (Å²) in [5, 5.41) is 8.57. The molecule has 0 spiro atoms. The van der Waals surface area contributed by atoms with Crippen LogP contribution in [0.1, 0.15) is 5.56 Å². The molecule has 4 nitrogen and oxygen atoms in total. The summed E-state index contributed by atoms with van der Waals surface area (Å²) in [4.78, 5) is 0. The Kier molecular flexibility index (Phi) is 4.18. The molecule has 0 atom stereocenters. The van der Waals surface area contributed by atoms with Gasteiger partial charge in [-0.05, 0) is 59.0 Å². The Morgan fingerprint density at radius 3 is 2.00 bits per heavy atom. The zero-order valence-corrected chi connectivity index (χ0v) is 15.0. The van der Waals surface area contributed by atoms with E-state index in [0.29, 0.717) is 0 Å². The number of halogens is 1. The highest BCUT2D eigenvalue weighted by Gasteiger charge is 2.26. The fraction of sp³-hybridized carbons (Fsp3) is 0. The summed E-state index contributed by atoms with van der Waals surface area (Å²) in [6.45, 7) is 0. The fourth-order valence-corrected chi connectivity index (χ4v) is 2.89. The van der Waals surface area contributed by atoms with Crippen molar-refractivity contribution < 1.29 is 0 Å². The van der Waals surface area contributed by atoms with Gasteiger partial charge in [-0.15, -0.1) is 10.6 Å². The van der Waals surface area contributed by atoms with Crippen molar-refractivity contribution in [1.29, 1.82) is 0 Å². The Morgan fingerprint density at radius 1 is 0.708 bits per heavy atom. The van der Waals surface area contributed by atoms with Crippen molar-refractivity contribution in [2.24, 2.45) is 5.10 Å². The number of anilines is 2. The van der Waals surface area contributed by atoms with E-state index < -0.39 is 0 Å². The zero-order chi connectivity index (χ0) is 16.4. The Balaban J connectivity index is 1.75. The van der Waals surface area contributed by atoms with Crippen LogP contribution in [-0.4, -0.2) is 5.84 Å². The van der Waals surface area contributed by atoms with Gasteiger partial charge in [0.2, 0.25) is 0 Å². The van der Waals surface area contributed by atoms with Crippen LogP contribution in [0.5, 0.6) is 0 Å². The van der Waals surface area contributed by atoms with Crippen LogP contribution in [0, 0.1) is 3.57 Å². The lowest BCUT2D eigenvalue weighted by molar-refractivity contribution is 0.718. The summed E-state index contributed by atoms with van der Waals surface area (Å²) >= 11 is 2.30. The molecule has 0 amide bonds. The summed E-state index contributed by atoms with van der Waals surface area (Å²) in [6, 6.07) is 28.6. The van der Waals surface area contributed by atoms with Crippen LogP contribution >= 0.6 is 22.6 Å². The van der Waals surface area contributed by atoms with Gasteiger partial charge < -0.3 is 0 Å². The molecular weight excluding hydrogens is 411 g/mol. The Morgan fingerprint density at radius 2 is 1.33 bits per heavy atom. The molecule has 1 heterocycles. The zero-order valence-electron chi connectivity index (χ0n) is 12.8. The van der Waals surface area contributed by atoms with Gasteiger partial charge in [0.05, 0.1) is 11.4 Å². The van der Waals surface area contributed by atoms with E-state index in [4.69, 9.17) is 5.10 Å². The molecule has 0 aliphatic carbocycles. The van der Waals surface area contributed by atoms with E-state index in [1.165, 1.54) is 3.57 Å². The molecule has 1 N–H and O–H groups in total. The highest BCUT2D eigenvalue weighted by molar-refractivity contribution is 14.1. The number of hydrogen-bond donors (Lipinski definition) is 1. The van der Waals surface area contributed by atoms with Gasteiger partial charge in [-0.1, -0.05) is 48.5 Å². The Hall–Kier alpha value is -2.38. The Bertz CT molecular complexity index is 848. The molecule has 0 saturated carbocycles. The maximum absolute atomic E-state index is 4.78. The van der Waals surface area contributed by atoms with Gasteiger partial charge in [-0.25, -0.2) is 5.01 Å². The van der Waals surface area contributed by atoms with Crippen LogP contribution < -0.4 is 15.7 Å². The molecule has 1 aliphatic rings. The number of hydrogen-bond acceptors (Lipinski definition) is 4. The van der Waals surface area contributed by atoms with Gasteiger partial charge in [-0.2, -0.15) is 5.12 Å². The topological polar surface area (TPSA) is 30.9 Å². The largest absolute Gasteiger partial charge is 0.238 e. The minimum absolute atomic E-state index is 0.861. The average Bonchev–Trinajstić information content (AvgIpc) is 3.09. The third-order valence-corrected chi connectivity index (χ3v) is 4.44. The van der Waals surface area contributed by atoms with Crippen molar-refractivity contribution in [3.05, 3.63) is 94.1 Å². The Labute approximate surface area is 154 Å². The molecule has 0 unspecified atom stereocenters. The highest BCUT2D eigenvalue weighted by atomic mass is 127. The minimum atomic E-state index is 0.861. The van der Waals surface area contributed by atoms with E-state index in [9.17, 15) is 0 Å². The van der Waals surface area contributed by atoms with Gasteiger partial charge in [0, 0.05) is 9.13 Å². The number of hydrazine groups is 2. The first-order valence-electron chi connectivity index (χ1n) is 7.62. The van der Waals surface area contributed by atoms with Crippen LogP contribution in [0.3, 0.4) is 0 Å². The van der Waals surface area contributed by atoms with Gasteiger partial charge in [0.15, 0.2) is 5.84 Å². The maximum atomic E-state index is 4.78. The van der Waals surface area contributed by atoms with Crippen LogP contribution in [0.15, 0.2) is 90.0 Å². The first kappa shape index (κ1) is 15.2. The van der Waals surface area contributed by atoms with Crippen LogP contribution in [-0.2, 0) is 0 Å². The number of nitrogens with one attached hydrogen (secondary N) is 1. The quantitative estimate of drug-likeness (QED) is 0.630. The van der Waals surface area contributed by atoms with Gasteiger partial charge in [0.25, 0.3) is 0 Å². The summed E-state index contributed by atoms with van der Waals surface area (Å²) in [5.74, 6) is 0.861. The van der Waals surface area contributed by atoms with E-state index in [0.717, 1.165) is 22.8 Å². The number of hydrazone groups is 1. The van der Waals surface area contributed by atoms with Gasteiger partial charge >= 0.3 is 0 Å². The molecule has 0 fully saturated rings. The second-order valence-corrected chi connectivity index (χ2v) is 6.59. The van der Waals surface area contributed by atoms with E-state index in [1.54, 1.807) is 5.12 Å². The maximum Gasteiger partial charge on any atom is 0.178 e. The summed E-state index contributed by atoms with van der Waals surface area (Å²) in [7, 11) is 0. The van der Waals surface area contributed by atoms with Crippen LogP contribution in [0.2, 0.25) is 0 Å². The van der Waals surface area contributed by atoms with Crippen molar-refractivity contribution in [2.45, 2.75) is 0 Å². The predicted octanol–water partition coefficient (Wildman–Crippen LogP) is 4.40. The summed E-state index contributed by atoms with van der Waals surface area (Å²) in [5.41, 5.74) is 6.43. The fourth-order valence-electron chi connectivity index (χ4n) is 2.53. The van der Waals surface area contributed by atoms with Crippen molar-refractivity contribution in [3.63, 3.8) is 0 Å². The SMILES string of the molecule is Ic1ccc(N2N=C(c3ccccc3)N(c3ccccc3)N2)cc1. The molecule has 4 rings (SSSR count). The normalized spacial score (nSPS) is 14.0. The van der Waals surface area contributed by atoms with E-state index >= 15 is 0 Å². The standard InChI is InChI=1S/C19H15IN4/c20-16-11-13-18(14-12-16)24-21-19(15-7-3-1-4-8-15)23(22-24)17-9-5-2-6-10-17/h1-14,22H. The summed E-state index contributed by atoms with van der Waals surface area (Å²) in [6.07, 6.45) is 0. The second kappa shape index (κ2) is 6.62. The van der Waals surface area contributed by atoms with Crippen LogP contribution in [0.25, 0.3) is 0 Å². The molecule has 0 radical (unpaired) electrons. The lowest BCUT2D eigenvalue weighted by Crippen LogP contribution is -2.43. The third-order valence-electron chi connectivity index (χ3n) is 3.72. The van der Waals surface area contributed by atoms with E-state index in [1.807, 2.05) is 41.4 Å². The number of para-hydroxylation sites is 1. The first-order chi connectivity index (χ1) is 11.8. The number of amidine groups is 1. The van der Waals surface area contributed by atoms with Crippen molar-refractivity contribution in [2.75, 3.05) is 10.1 Å². The predicted molar refractivity (Wildman–Crippen MR) is 107 cm³/mol. The van der Waals surface area contributed by atoms with Crippen molar-refractivity contribution >= 4 is 39.8 Å². The lowest BCUT2D eigenvalue weighted by atomic mass is 10.2. The summed E-state index contributed by atoms with van der Waals surface area (Å²) < 4.78 is 1.20. The lowest BCUT2D eigenvalue weighted by Gasteiger charge is -2.22. The minimum Gasteiger partial charge on any atom is -0.238 e. The molecule has 3 aromatic rings. The average molecular weight is 426 g/mol. The van der Waals surface area contributed by atoms with Crippen LogP contribution in [0.4, 0.5) is 11.4 Å². The molecule has 0 bridgehead atoms. The number of rotatable bonds is 3. The van der Waals surface area contributed by atoms with E-state index in [-0.39, 0.29) is 0 Å². The molecule has 0 aromatic heterocycles. The molecule has 118 valence electrons. The molecule has 0 saturated heterocycles. The molecule has 3 aromatic carbocycles. The van der Waals surface area contributed by atoms with Crippen molar-refractivity contribution in [3.8, 4) is 0 Å². The molecule has 1 aliphatic heterocycles. The van der Waals surface area contributed by atoms with Gasteiger partial charge in [-0.3, -0.25) is 0 Å². The van der Waals surface area contributed by atoms with Crippen molar-refractivity contribution in [1.82, 2.24) is 5.53 Å². The molecule has 5 heteroatoms. The number of benzene rings is 3. The molecular formula is C19H15IN4. The van der Waals surface area contributed by atoms with Gasteiger partial charge in [0.1, 0.15) is 0 Å². The highest BCUT2D eigenvalue weighted by Crippen LogP contribution is 2.24. The smallest absolute Gasteiger partial charge is 0.178 e. The first-order valence-corrected chi connectivity index (χ1v) is 8.70. The number of nitrogens with zero attached hydrogens (tertiary/aromatic N) is 3. The molecule has 24 heavy (non-hydrogen) atoms. The van der Waals surface area contributed by atoms with E-state index in [2.05, 4.69) is 76.7 Å². The monoisotopic (exact) mass is 426 g/mol.